The summed E-state index contributed by atoms with van der Waals surface area (Å²) in [5.74, 6) is 0. The molecule has 0 spiro atoms. The van der Waals surface area contributed by atoms with Crippen LogP contribution in [0, 0.1) is 0 Å². The number of hydrogen-bond donors (Lipinski definition) is 0. The maximum atomic E-state index is 6.37. The Morgan fingerprint density at radius 1 is 0.800 bits per heavy atom. The molecule has 20 heavy (non-hydrogen) atoms. The quantitative estimate of drug-likeness (QED) is 0.375. The van der Waals surface area contributed by atoms with E-state index < -0.39 is 14.8 Å². The molecular weight excluding hydrogens is 319 g/mol. The molecule has 0 aliphatic rings. The Morgan fingerprint density at radius 3 is 1.55 bits per heavy atom. The molecule has 0 unspecified atom stereocenters. The zero-order valence-electron chi connectivity index (χ0n) is 13.3. The molecule has 0 saturated heterocycles. The topological polar surface area (TPSA) is 0 Å². The second-order valence-corrected chi connectivity index (χ2v) is 21.0. The molecule has 0 aliphatic heterocycles. The van der Waals surface area contributed by atoms with E-state index in [-0.39, 0.29) is 0 Å². The molecule has 1 aromatic rings. The fourth-order valence-electron chi connectivity index (χ4n) is 2.37. The highest BCUT2D eigenvalue weighted by Crippen LogP contribution is 2.21. The Labute approximate surface area is 136 Å². The van der Waals surface area contributed by atoms with Gasteiger partial charge in [-0.25, -0.2) is 0 Å². The maximum absolute atomic E-state index is 6.37. The fraction of sp³-hybridized carbons (Fsp3) is 0.625. The summed E-state index contributed by atoms with van der Waals surface area (Å²) in [4.78, 5) is 0. The monoisotopic (exact) mass is 346 g/mol. The highest BCUT2D eigenvalue weighted by atomic mass is 35.6. The zero-order chi connectivity index (χ0) is 15.2. The normalized spacial score (nSPS) is 12.7. The molecular formula is C16H28Cl2Si2. The second-order valence-electron chi connectivity index (χ2n) is 6.96. The second kappa shape index (κ2) is 8.02. The summed E-state index contributed by atoms with van der Waals surface area (Å²) < 4.78 is 0. The van der Waals surface area contributed by atoms with Crippen LogP contribution < -0.4 is 0 Å². The third-order valence-electron chi connectivity index (χ3n) is 3.46. The zero-order valence-corrected chi connectivity index (χ0v) is 16.8. The van der Waals surface area contributed by atoms with Crippen molar-refractivity contribution in [2.24, 2.45) is 0 Å². The molecule has 0 saturated carbocycles. The first kappa shape index (κ1) is 18.3. The maximum Gasteiger partial charge on any atom is 0.150 e. The molecule has 1 aromatic carbocycles. The van der Waals surface area contributed by atoms with Crippen LogP contribution in [0.25, 0.3) is 0 Å². The molecule has 0 N–H and O–H groups in total. The van der Waals surface area contributed by atoms with Crippen LogP contribution in [0.4, 0.5) is 0 Å². The van der Waals surface area contributed by atoms with E-state index in [1.54, 1.807) is 0 Å². The SMILES string of the molecule is C[Si](C)(Cl)CCCc1cccc(CCC[Si](C)(C)Cl)c1. The van der Waals surface area contributed by atoms with Crippen molar-refractivity contribution >= 4 is 36.9 Å². The third kappa shape index (κ3) is 9.22. The molecule has 0 amide bonds. The first-order valence-electron chi connectivity index (χ1n) is 7.61. The van der Waals surface area contributed by atoms with Crippen LogP contribution in [0.1, 0.15) is 24.0 Å². The lowest BCUT2D eigenvalue weighted by molar-refractivity contribution is 0.882. The lowest BCUT2D eigenvalue weighted by Crippen LogP contribution is -2.15. The van der Waals surface area contributed by atoms with Crippen molar-refractivity contribution in [2.45, 2.75) is 64.0 Å². The van der Waals surface area contributed by atoms with E-state index in [9.17, 15) is 0 Å². The van der Waals surface area contributed by atoms with Crippen molar-refractivity contribution in [1.29, 1.82) is 0 Å². The molecule has 0 aliphatic carbocycles. The van der Waals surface area contributed by atoms with Crippen LogP contribution >= 0.6 is 22.2 Å². The summed E-state index contributed by atoms with van der Waals surface area (Å²) in [5.41, 5.74) is 2.92. The van der Waals surface area contributed by atoms with E-state index in [1.807, 2.05) is 0 Å². The highest BCUT2D eigenvalue weighted by Gasteiger charge is 2.16. The Hall–Kier alpha value is 0.234. The fourth-order valence-corrected chi connectivity index (χ4v) is 5.20. The number of halogens is 2. The van der Waals surface area contributed by atoms with Gasteiger partial charge in [0.15, 0.2) is 14.8 Å². The van der Waals surface area contributed by atoms with Gasteiger partial charge in [-0.05, 0) is 36.1 Å². The number of hydrogen-bond acceptors (Lipinski definition) is 0. The van der Waals surface area contributed by atoms with E-state index in [2.05, 4.69) is 50.5 Å². The van der Waals surface area contributed by atoms with Crippen molar-refractivity contribution in [1.82, 2.24) is 0 Å². The van der Waals surface area contributed by atoms with Gasteiger partial charge >= 0.3 is 0 Å². The minimum atomic E-state index is -1.40. The molecule has 0 nitrogen and oxygen atoms in total. The largest absolute Gasteiger partial charge is 0.168 e. The van der Waals surface area contributed by atoms with Crippen LogP contribution in [0.15, 0.2) is 24.3 Å². The standard InChI is InChI=1S/C16H28Cl2Si2/c1-19(2,17)12-6-10-15-8-5-9-16(14-15)11-7-13-20(3,4)18/h5,8-9,14H,6-7,10-13H2,1-4H3. The van der Waals surface area contributed by atoms with E-state index in [0.29, 0.717) is 0 Å². The smallest absolute Gasteiger partial charge is 0.150 e. The molecule has 1 rings (SSSR count). The summed E-state index contributed by atoms with van der Waals surface area (Å²) in [5, 5.41) is 0. The van der Waals surface area contributed by atoms with E-state index in [0.717, 1.165) is 12.8 Å². The molecule has 114 valence electrons. The van der Waals surface area contributed by atoms with E-state index in [4.69, 9.17) is 22.2 Å². The minimum absolute atomic E-state index is 1.16. The van der Waals surface area contributed by atoms with Gasteiger partial charge < -0.3 is 0 Å². The number of aryl methyl sites for hydroxylation is 2. The van der Waals surface area contributed by atoms with Crippen LogP contribution in [0.5, 0.6) is 0 Å². The summed E-state index contributed by atoms with van der Waals surface area (Å²) in [6.07, 6.45) is 4.75. The van der Waals surface area contributed by atoms with Crippen molar-refractivity contribution in [3.05, 3.63) is 35.4 Å². The van der Waals surface area contributed by atoms with Gasteiger partial charge in [0, 0.05) is 0 Å². The summed E-state index contributed by atoms with van der Waals surface area (Å²) in [7, 11) is -2.81. The molecule has 4 heteroatoms. The third-order valence-corrected chi connectivity index (χ3v) is 7.68. The van der Waals surface area contributed by atoms with E-state index in [1.165, 1.54) is 36.1 Å². The Morgan fingerprint density at radius 2 is 1.20 bits per heavy atom. The Bertz CT molecular complexity index is 370. The average Bonchev–Trinajstić information content (AvgIpc) is 2.26. The van der Waals surface area contributed by atoms with Crippen molar-refractivity contribution < 1.29 is 0 Å². The van der Waals surface area contributed by atoms with Gasteiger partial charge in [-0.3, -0.25) is 0 Å². The van der Waals surface area contributed by atoms with Crippen LogP contribution in [0.2, 0.25) is 38.3 Å². The minimum Gasteiger partial charge on any atom is -0.168 e. The number of rotatable bonds is 8. The summed E-state index contributed by atoms with van der Waals surface area (Å²) in [6.45, 7) is 8.90. The lowest BCUT2D eigenvalue weighted by atomic mass is 10.0. The van der Waals surface area contributed by atoms with Gasteiger partial charge in [-0.1, -0.05) is 63.3 Å². The molecule has 0 aromatic heterocycles. The first-order valence-corrected chi connectivity index (χ1v) is 16.1. The van der Waals surface area contributed by atoms with Gasteiger partial charge in [-0.15, -0.1) is 0 Å². The van der Waals surface area contributed by atoms with Crippen molar-refractivity contribution in [3.8, 4) is 0 Å². The lowest BCUT2D eigenvalue weighted by Gasteiger charge is -2.13. The van der Waals surface area contributed by atoms with Crippen LogP contribution in [-0.4, -0.2) is 14.8 Å². The van der Waals surface area contributed by atoms with Crippen molar-refractivity contribution in [2.75, 3.05) is 0 Å². The van der Waals surface area contributed by atoms with E-state index >= 15 is 0 Å². The predicted molar refractivity (Wildman–Crippen MR) is 99.4 cm³/mol. The molecule has 0 atom stereocenters. The van der Waals surface area contributed by atoms with Gasteiger partial charge in [0.2, 0.25) is 0 Å². The summed E-state index contributed by atoms with van der Waals surface area (Å²) >= 11 is 12.7. The van der Waals surface area contributed by atoms with Gasteiger partial charge in [0.1, 0.15) is 0 Å². The molecule has 0 radical (unpaired) electrons. The first-order chi connectivity index (χ1) is 9.16. The summed E-state index contributed by atoms with van der Waals surface area (Å²) in [6, 6.07) is 11.4. The van der Waals surface area contributed by atoms with Gasteiger partial charge in [-0.2, -0.15) is 22.2 Å². The average molecular weight is 347 g/mol. The molecule has 0 heterocycles. The molecule has 0 fully saturated rings. The molecule has 0 bridgehead atoms. The number of benzene rings is 1. The van der Waals surface area contributed by atoms with Crippen LogP contribution in [-0.2, 0) is 12.8 Å². The van der Waals surface area contributed by atoms with Gasteiger partial charge in [0.05, 0.1) is 0 Å². The Balaban J connectivity index is 2.41. The van der Waals surface area contributed by atoms with Crippen LogP contribution in [0.3, 0.4) is 0 Å². The predicted octanol–water partition coefficient (Wildman–Crippen LogP) is 6.44. The van der Waals surface area contributed by atoms with Gasteiger partial charge in [0.25, 0.3) is 0 Å². The van der Waals surface area contributed by atoms with Crippen molar-refractivity contribution in [3.63, 3.8) is 0 Å². The Kier molecular flexibility index (Phi) is 7.33. The highest BCUT2D eigenvalue weighted by molar-refractivity contribution is 7.19.